The lowest BCUT2D eigenvalue weighted by atomic mass is 9.95. The Morgan fingerprint density at radius 2 is 2.00 bits per heavy atom. The maximum absolute atomic E-state index is 12.7. The van der Waals surface area contributed by atoms with Crippen molar-refractivity contribution in [1.29, 1.82) is 0 Å². The largest absolute Gasteiger partial charge is 0.394 e. The van der Waals surface area contributed by atoms with E-state index in [1.165, 1.54) is 6.33 Å². The summed E-state index contributed by atoms with van der Waals surface area (Å²) in [6.07, 6.45) is 3.06. The summed E-state index contributed by atoms with van der Waals surface area (Å²) in [6.45, 7) is 7.74. The Labute approximate surface area is 174 Å². The number of halogens is 1. The Bertz CT molecular complexity index is 1010. The summed E-state index contributed by atoms with van der Waals surface area (Å²) in [5, 5.41) is 16.9. The molecule has 0 unspecified atom stereocenters. The third-order valence-electron chi connectivity index (χ3n) is 4.32. The summed E-state index contributed by atoms with van der Waals surface area (Å²) in [6, 6.07) is 8.60. The maximum atomic E-state index is 12.7. The van der Waals surface area contributed by atoms with E-state index in [0.717, 1.165) is 11.4 Å². The minimum atomic E-state index is -0.361. The van der Waals surface area contributed by atoms with Crippen LogP contribution in [0.1, 0.15) is 43.9 Å². The summed E-state index contributed by atoms with van der Waals surface area (Å²) < 4.78 is 1.73. The average molecular weight is 414 g/mol. The highest BCUT2D eigenvalue weighted by Gasteiger charge is 2.23. The number of aliphatic hydroxyl groups excluding tert-OH is 1. The van der Waals surface area contributed by atoms with Gasteiger partial charge in [0.15, 0.2) is 0 Å². The van der Waals surface area contributed by atoms with Gasteiger partial charge in [-0.3, -0.25) is 9.78 Å². The van der Waals surface area contributed by atoms with Gasteiger partial charge in [0, 0.05) is 28.8 Å². The summed E-state index contributed by atoms with van der Waals surface area (Å²) in [5.74, 6) is 0.481. The molecule has 0 bridgehead atoms. The van der Waals surface area contributed by atoms with Gasteiger partial charge in [0.1, 0.15) is 12.2 Å². The molecule has 1 aromatic carbocycles. The fourth-order valence-corrected chi connectivity index (χ4v) is 2.97. The monoisotopic (exact) mass is 413 g/mol. The summed E-state index contributed by atoms with van der Waals surface area (Å²) in [5.41, 5.74) is 2.32. The van der Waals surface area contributed by atoms with Crippen molar-refractivity contribution in [2.45, 2.75) is 39.2 Å². The highest BCUT2D eigenvalue weighted by molar-refractivity contribution is 6.30. The number of nitrogens with zero attached hydrogens (tertiary/aromatic N) is 4. The minimum Gasteiger partial charge on any atom is -0.394 e. The van der Waals surface area contributed by atoms with E-state index in [9.17, 15) is 9.90 Å². The van der Waals surface area contributed by atoms with Crippen LogP contribution in [0.2, 0.25) is 5.02 Å². The Kier molecular flexibility index (Phi) is 6.00. The molecule has 2 N–H and O–H groups in total. The zero-order chi connectivity index (χ0) is 21.2. The molecule has 0 saturated heterocycles. The van der Waals surface area contributed by atoms with Crippen molar-refractivity contribution in [2.75, 3.05) is 6.61 Å². The van der Waals surface area contributed by atoms with Gasteiger partial charge in [-0.25, -0.2) is 9.67 Å². The van der Waals surface area contributed by atoms with Gasteiger partial charge >= 0.3 is 0 Å². The van der Waals surface area contributed by atoms with Crippen LogP contribution in [-0.4, -0.2) is 43.4 Å². The lowest BCUT2D eigenvalue weighted by Crippen LogP contribution is -2.35. The summed E-state index contributed by atoms with van der Waals surface area (Å²) in [4.78, 5) is 21.5. The standard InChI is InChI=1S/C21H24ClN5O2/c1-13(11-28)26-19(29)15-7-14(18-6-5-16(22)10-23-18)8-17(9-15)27-20(21(2,3)4)24-12-25-27/h5-10,12-13,28H,11H2,1-4H3,(H,26,29)/t13-/m0/s1. The summed E-state index contributed by atoms with van der Waals surface area (Å²) >= 11 is 5.96. The Hall–Kier alpha value is -2.77. The highest BCUT2D eigenvalue weighted by atomic mass is 35.5. The van der Waals surface area contributed by atoms with Gasteiger partial charge in [-0.15, -0.1) is 0 Å². The van der Waals surface area contributed by atoms with E-state index < -0.39 is 0 Å². The second-order valence-corrected chi connectivity index (χ2v) is 8.37. The van der Waals surface area contributed by atoms with E-state index in [4.69, 9.17) is 11.6 Å². The van der Waals surface area contributed by atoms with E-state index in [2.05, 4.69) is 41.2 Å². The smallest absolute Gasteiger partial charge is 0.251 e. The fraction of sp³-hybridized carbons (Fsp3) is 0.333. The number of hydrogen-bond donors (Lipinski definition) is 2. The maximum Gasteiger partial charge on any atom is 0.251 e. The normalized spacial score (nSPS) is 12.6. The number of aromatic nitrogens is 4. The van der Waals surface area contributed by atoms with Gasteiger partial charge in [-0.2, -0.15) is 5.10 Å². The first kappa shape index (κ1) is 21.0. The lowest BCUT2D eigenvalue weighted by molar-refractivity contribution is 0.0922. The number of carbonyl (C=O) groups is 1. The molecule has 152 valence electrons. The van der Waals surface area contributed by atoms with E-state index in [1.54, 1.807) is 42.1 Å². The number of amides is 1. The average Bonchev–Trinajstić information content (AvgIpc) is 3.18. The molecule has 2 heterocycles. The first-order valence-electron chi connectivity index (χ1n) is 9.28. The molecule has 3 aromatic rings. The number of carbonyl (C=O) groups excluding carboxylic acids is 1. The third-order valence-corrected chi connectivity index (χ3v) is 4.54. The highest BCUT2D eigenvalue weighted by Crippen LogP contribution is 2.27. The number of hydrogen-bond acceptors (Lipinski definition) is 5. The first-order valence-corrected chi connectivity index (χ1v) is 9.66. The van der Waals surface area contributed by atoms with Crippen molar-refractivity contribution in [1.82, 2.24) is 25.1 Å². The molecule has 3 rings (SSSR count). The number of benzene rings is 1. The van der Waals surface area contributed by atoms with Gasteiger partial charge in [0.05, 0.1) is 23.0 Å². The van der Waals surface area contributed by atoms with E-state index in [1.807, 2.05) is 6.07 Å². The van der Waals surface area contributed by atoms with Crippen LogP contribution in [0.4, 0.5) is 0 Å². The Balaban J connectivity index is 2.14. The zero-order valence-corrected chi connectivity index (χ0v) is 17.6. The van der Waals surface area contributed by atoms with Crippen LogP contribution in [0.25, 0.3) is 16.9 Å². The molecule has 0 radical (unpaired) electrons. The van der Waals surface area contributed by atoms with Crippen LogP contribution in [0.15, 0.2) is 42.9 Å². The van der Waals surface area contributed by atoms with Crippen LogP contribution in [-0.2, 0) is 5.41 Å². The molecule has 0 saturated carbocycles. The lowest BCUT2D eigenvalue weighted by Gasteiger charge is -2.19. The van der Waals surface area contributed by atoms with Crippen LogP contribution < -0.4 is 5.32 Å². The zero-order valence-electron chi connectivity index (χ0n) is 16.8. The molecule has 0 aliphatic carbocycles. The van der Waals surface area contributed by atoms with Crippen LogP contribution in [0.3, 0.4) is 0 Å². The van der Waals surface area contributed by atoms with Crippen LogP contribution in [0, 0.1) is 0 Å². The second kappa shape index (κ2) is 8.31. The van der Waals surface area contributed by atoms with Gasteiger partial charge in [0.2, 0.25) is 0 Å². The summed E-state index contributed by atoms with van der Waals surface area (Å²) in [7, 11) is 0. The second-order valence-electron chi connectivity index (χ2n) is 7.93. The van der Waals surface area contributed by atoms with Gasteiger partial charge < -0.3 is 10.4 Å². The van der Waals surface area contributed by atoms with Crippen molar-refractivity contribution in [3.05, 3.63) is 59.3 Å². The molecule has 29 heavy (non-hydrogen) atoms. The first-order chi connectivity index (χ1) is 13.7. The molecule has 1 amide bonds. The fourth-order valence-electron chi connectivity index (χ4n) is 2.85. The topological polar surface area (TPSA) is 92.9 Å². The molecular formula is C21H24ClN5O2. The number of nitrogens with one attached hydrogen (secondary N) is 1. The third kappa shape index (κ3) is 4.81. The van der Waals surface area contributed by atoms with Gasteiger partial charge in [0.25, 0.3) is 5.91 Å². The van der Waals surface area contributed by atoms with Crippen molar-refractivity contribution in [3.8, 4) is 16.9 Å². The van der Waals surface area contributed by atoms with Crippen LogP contribution >= 0.6 is 11.6 Å². The molecule has 7 nitrogen and oxygen atoms in total. The molecule has 0 fully saturated rings. The number of rotatable bonds is 5. The van der Waals surface area contributed by atoms with Crippen molar-refractivity contribution in [2.24, 2.45) is 0 Å². The molecular weight excluding hydrogens is 390 g/mol. The molecule has 1 atom stereocenters. The number of aliphatic hydroxyl groups is 1. The predicted octanol–water partition coefficient (Wildman–Crippen LogP) is 3.39. The van der Waals surface area contributed by atoms with E-state index >= 15 is 0 Å². The molecule has 0 spiro atoms. The Morgan fingerprint density at radius 1 is 1.24 bits per heavy atom. The molecule has 8 heteroatoms. The molecule has 2 aromatic heterocycles. The minimum absolute atomic E-state index is 0.145. The number of pyridine rings is 1. The predicted molar refractivity (Wildman–Crippen MR) is 112 cm³/mol. The van der Waals surface area contributed by atoms with Gasteiger partial charge in [-0.1, -0.05) is 32.4 Å². The Morgan fingerprint density at radius 3 is 2.62 bits per heavy atom. The van der Waals surface area contributed by atoms with Crippen molar-refractivity contribution in [3.63, 3.8) is 0 Å². The van der Waals surface area contributed by atoms with Crippen molar-refractivity contribution >= 4 is 17.5 Å². The van der Waals surface area contributed by atoms with Gasteiger partial charge in [-0.05, 0) is 37.3 Å². The van der Waals surface area contributed by atoms with Crippen LogP contribution in [0.5, 0.6) is 0 Å². The quantitative estimate of drug-likeness (QED) is 0.668. The molecule has 0 aliphatic rings. The van der Waals surface area contributed by atoms with E-state index in [-0.39, 0.29) is 24.0 Å². The molecule has 0 aliphatic heterocycles. The van der Waals surface area contributed by atoms with Crippen molar-refractivity contribution < 1.29 is 9.90 Å². The van der Waals surface area contributed by atoms with E-state index in [0.29, 0.717) is 22.0 Å². The SMILES string of the molecule is C[C@@H](CO)NC(=O)c1cc(-c2ccc(Cl)cn2)cc(-n2ncnc2C(C)(C)C)c1.